The van der Waals surface area contributed by atoms with Crippen LogP contribution in [0.25, 0.3) is 46.7 Å². The van der Waals surface area contributed by atoms with Crippen molar-refractivity contribution in [1.82, 2.24) is 0 Å². The van der Waals surface area contributed by atoms with Gasteiger partial charge in [-0.2, -0.15) is 26.3 Å². The number of rotatable bonds is 10. The smallest absolute Gasteiger partial charge is 0.380 e. The lowest BCUT2D eigenvalue weighted by molar-refractivity contribution is -0.254. The third-order valence-electron chi connectivity index (χ3n) is 9.46. The fourth-order valence-corrected chi connectivity index (χ4v) is 10.9. The van der Waals surface area contributed by atoms with E-state index in [-0.39, 0.29) is 31.7 Å². The van der Waals surface area contributed by atoms with Crippen molar-refractivity contribution < 1.29 is 35.8 Å². The molecule has 1 aromatic carbocycles. The zero-order valence-corrected chi connectivity index (χ0v) is 35.7. The third-order valence-corrected chi connectivity index (χ3v) is 15.3. The van der Waals surface area contributed by atoms with Gasteiger partial charge in [0.1, 0.15) is 11.5 Å². The highest BCUT2D eigenvalue weighted by Crippen LogP contribution is 2.67. The summed E-state index contributed by atoms with van der Waals surface area (Å²) in [5.74, 6) is -15.4. The Hall–Kier alpha value is -3.84. The van der Waals surface area contributed by atoms with Gasteiger partial charge in [-0.05, 0) is 102 Å². The average molecular weight is 845 g/mol. The van der Waals surface area contributed by atoms with Crippen LogP contribution in [0.5, 0.6) is 5.75 Å². The molecular weight excluding hydrogens is 803 g/mol. The Morgan fingerprint density at radius 3 is 1.61 bits per heavy atom. The topological polar surface area (TPSA) is 18.5 Å². The highest BCUT2D eigenvalue weighted by molar-refractivity contribution is 7.24. The Kier molecular flexibility index (Phi) is 11.1. The van der Waals surface area contributed by atoms with Crippen LogP contribution in [-0.4, -0.2) is 32.0 Å². The summed E-state index contributed by atoms with van der Waals surface area (Å²) >= 11 is 4.99. The first-order chi connectivity index (χ1) is 26.1. The van der Waals surface area contributed by atoms with Crippen LogP contribution in [-0.2, 0) is 15.6 Å². The molecule has 0 fully saturated rings. The number of allylic oxidation sites excluding steroid dienone is 6. The minimum atomic E-state index is -5.76. The number of ether oxygens (including phenoxy) is 2. The molecule has 56 heavy (non-hydrogen) atoms. The summed E-state index contributed by atoms with van der Waals surface area (Å²) in [4.78, 5) is 4.54. The summed E-state index contributed by atoms with van der Waals surface area (Å²) in [7, 11) is 2.93. The monoisotopic (exact) mass is 844 g/mol. The molecule has 4 heterocycles. The van der Waals surface area contributed by atoms with E-state index in [1.165, 1.54) is 55.1 Å². The zero-order chi connectivity index (χ0) is 41.2. The normalized spacial score (nSPS) is 16.9. The Morgan fingerprint density at radius 2 is 1.14 bits per heavy atom. The van der Waals surface area contributed by atoms with Crippen molar-refractivity contribution in [3.8, 4) is 35.7 Å². The van der Waals surface area contributed by atoms with Crippen LogP contribution >= 0.6 is 45.3 Å². The number of alkyl halides is 6. The second-order valence-corrected chi connectivity index (χ2v) is 19.8. The van der Waals surface area contributed by atoms with E-state index < -0.39 is 34.5 Å². The maximum absolute atomic E-state index is 16.7. The highest BCUT2D eigenvalue weighted by Gasteiger charge is 2.80. The fourth-order valence-electron chi connectivity index (χ4n) is 6.31. The van der Waals surface area contributed by atoms with E-state index in [1.54, 1.807) is 43.3 Å². The first-order valence-corrected chi connectivity index (χ1v) is 20.9. The molecule has 5 aromatic rings. The van der Waals surface area contributed by atoms with Crippen molar-refractivity contribution in [1.29, 1.82) is 0 Å². The van der Waals surface area contributed by atoms with Gasteiger partial charge in [-0.1, -0.05) is 54.2 Å². The van der Waals surface area contributed by atoms with Crippen molar-refractivity contribution in [2.45, 2.75) is 77.1 Å². The SMILES string of the molecule is C=C(/C=C\C(=C/C)OC)c1sc(-c2ccc(C(C)(C)C)s2)cc1C1=C(c2cc(-c3ccc(C(C)(C)C)s3)sc2-c2ccc(OC)cc2)C(F)(F)C(F)(F)C1(F)F. The molecule has 0 radical (unpaired) electrons. The summed E-state index contributed by atoms with van der Waals surface area (Å²) in [5.41, 5.74) is -3.57. The number of benzene rings is 1. The van der Waals surface area contributed by atoms with Gasteiger partial charge in [-0.25, -0.2) is 0 Å². The Labute approximate surface area is 340 Å². The van der Waals surface area contributed by atoms with E-state index >= 15 is 26.3 Å². The molecule has 0 spiro atoms. The van der Waals surface area contributed by atoms with E-state index in [9.17, 15) is 0 Å². The number of hydrogen-bond acceptors (Lipinski definition) is 6. The minimum absolute atomic E-state index is 0.0590. The number of halogens is 6. The molecule has 1 aliphatic carbocycles. The molecule has 0 saturated carbocycles. The molecule has 0 bridgehead atoms. The Bertz CT molecular complexity index is 2370. The van der Waals surface area contributed by atoms with Crippen LogP contribution < -0.4 is 4.74 Å². The van der Waals surface area contributed by atoms with Crippen LogP contribution in [0, 0.1) is 0 Å². The molecule has 0 amide bonds. The van der Waals surface area contributed by atoms with Gasteiger partial charge in [0.2, 0.25) is 0 Å². The highest BCUT2D eigenvalue weighted by atomic mass is 32.1. The van der Waals surface area contributed by atoms with Crippen molar-refractivity contribution in [2.75, 3.05) is 14.2 Å². The average Bonchev–Trinajstić information content (AvgIpc) is 3.96. The molecular formula is C44H42F6O2S4. The van der Waals surface area contributed by atoms with Gasteiger partial charge in [-0.15, -0.1) is 45.3 Å². The van der Waals surface area contributed by atoms with Gasteiger partial charge in [0, 0.05) is 61.3 Å². The van der Waals surface area contributed by atoms with Crippen LogP contribution in [0.4, 0.5) is 26.3 Å². The van der Waals surface area contributed by atoms with Gasteiger partial charge < -0.3 is 9.47 Å². The summed E-state index contributed by atoms with van der Waals surface area (Å²) < 4.78 is 109. The van der Waals surface area contributed by atoms with E-state index in [4.69, 9.17) is 9.47 Å². The van der Waals surface area contributed by atoms with Crippen LogP contribution in [0.2, 0.25) is 0 Å². The first-order valence-electron chi connectivity index (χ1n) is 17.7. The van der Waals surface area contributed by atoms with E-state index in [0.717, 1.165) is 32.4 Å². The lowest BCUT2D eigenvalue weighted by Crippen LogP contribution is -2.48. The van der Waals surface area contributed by atoms with E-state index in [2.05, 4.69) is 6.58 Å². The standard InChI is InChI=1S/C44H42F6O2S4/c1-11-26(51-9)15-12-24(2)38-28(22-32(55-38)30-18-20-34(53-30)40(3,4)5)36-37(43(47,48)44(49,50)42(36,45)46)29-23-33(31-19-21-35(54-31)41(6,7)8)56-39(29)25-13-16-27(52-10)17-14-25/h11-23H,2H2,1,3-10H3/b15-12-,26-11+. The quantitative estimate of drug-likeness (QED) is 0.0792. The molecule has 296 valence electrons. The van der Waals surface area contributed by atoms with Gasteiger partial charge >= 0.3 is 17.8 Å². The van der Waals surface area contributed by atoms with Gasteiger partial charge in [-0.3, -0.25) is 0 Å². The predicted octanol–water partition coefficient (Wildman–Crippen LogP) is 15.5. The van der Waals surface area contributed by atoms with Crippen LogP contribution in [0.15, 0.2) is 91.2 Å². The second-order valence-electron chi connectivity index (χ2n) is 15.5. The summed E-state index contributed by atoms with van der Waals surface area (Å²) in [6.07, 6.45) is 4.73. The summed E-state index contributed by atoms with van der Waals surface area (Å²) in [6, 6.07) is 16.6. The van der Waals surface area contributed by atoms with Crippen LogP contribution in [0.1, 0.15) is 74.2 Å². The zero-order valence-electron chi connectivity index (χ0n) is 32.4. The molecule has 4 aromatic heterocycles. The van der Waals surface area contributed by atoms with Crippen molar-refractivity contribution in [3.63, 3.8) is 0 Å². The summed E-state index contributed by atoms with van der Waals surface area (Å²) in [5, 5.41) is 0. The molecule has 12 heteroatoms. The third kappa shape index (κ3) is 7.27. The lowest BCUT2D eigenvalue weighted by atomic mass is 9.92. The minimum Gasteiger partial charge on any atom is -0.497 e. The van der Waals surface area contributed by atoms with E-state index in [0.29, 0.717) is 36.6 Å². The first kappa shape index (κ1) is 41.8. The van der Waals surface area contributed by atoms with Gasteiger partial charge in [0.05, 0.1) is 14.2 Å². The maximum atomic E-state index is 16.7. The molecule has 0 atom stereocenters. The van der Waals surface area contributed by atoms with E-state index in [1.807, 2.05) is 65.8 Å². The Balaban J connectivity index is 1.70. The fraction of sp³-hybridized carbons (Fsp3) is 0.318. The number of thiophene rings is 4. The van der Waals surface area contributed by atoms with Gasteiger partial charge in [0.25, 0.3) is 0 Å². The largest absolute Gasteiger partial charge is 0.497 e. The molecule has 0 aliphatic heterocycles. The molecule has 0 unspecified atom stereocenters. The predicted molar refractivity (Wildman–Crippen MR) is 225 cm³/mol. The van der Waals surface area contributed by atoms with Crippen LogP contribution in [0.3, 0.4) is 0 Å². The molecule has 1 aliphatic rings. The van der Waals surface area contributed by atoms with Crippen molar-refractivity contribution >= 4 is 62.1 Å². The molecule has 0 N–H and O–H groups in total. The lowest BCUT2D eigenvalue weighted by Gasteiger charge is -2.26. The molecule has 6 rings (SSSR count). The number of methoxy groups -OCH3 is 2. The van der Waals surface area contributed by atoms with Gasteiger partial charge in [0.15, 0.2) is 0 Å². The van der Waals surface area contributed by atoms with Crippen molar-refractivity contribution in [3.05, 3.63) is 117 Å². The molecule has 2 nitrogen and oxygen atoms in total. The van der Waals surface area contributed by atoms with Crippen molar-refractivity contribution in [2.24, 2.45) is 0 Å². The second kappa shape index (κ2) is 14.8. The molecule has 0 saturated heterocycles. The summed E-state index contributed by atoms with van der Waals surface area (Å²) in [6.45, 7) is 18.1. The maximum Gasteiger partial charge on any atom is 0.380 e. The Morgan fingerprint density at radius 1 is 0.643 bits per heavy atom. The number of hydrogen-bond donors (Lipinski definition) is 0.